The summed E-state index contributed by atoms with van der Waals surface area (Å²) in [6, 6.07) is 6.98. The highest BCUT2D eigenvalue weighted by Crippen LogP contribution is 2.10. The van der Waals surface area contributed by atoms with Gasteiger partial charge < -0.3 is 15.8 Å². The zero-order valence-electron chi connectivity index (χ0n) is 16.1. The maximum atomic E-state index is 12.1. The van der Waals surface area contributed by atoms with Gasteiger partial charge in [-0.25, -0.2) is 4.79 Å². The van der Waals surface area contributed by atoms with Crippen LogP contribution in [0.25, 0.3) is 0 Å². The smallest absolute Gasteiger partial charge is 0.404 e. The van der Waals surface area contributed by atoms with E-state index in [1.54, 1.807) is 24.3 Å². The number of hydrogen-bond acceptors (Lipinski definition) is 3. The zero-order valence-corrected chi connectivity index (χ0v) is 16.1. The molecule has 0 radical (unpaired) electrons. The summed E-state index contributed by atoms with van der Waals surface area (Å²) in [6.07, 6.45) is 12.0. The number of rotatable bonds is 14. The summed E-state index contributed by atoms with van der Waals surface area (Å²) in [5, 5.41) is 2.95. The second kappa shape index (κ2) is 14.2. The summed E-state index contributed by atoms with van der Waals surface area (Å²) in [5.74, 6) is -0.0664. The number of ether oxygens (including phenoxy) is 1. The highest BCUT2D eigenvalue weighted by atomic mass is 16.5. The number of carbonyl (C=O) groups excluding carboxylic acids is 2. The van der Waals surface area contributed by atoms with Crippen LogP contribution in [0.2, 0.25) is 0 Å². The van der Waals surface area contributed by atoms with Crippen molar-refractivity contribution < 1.29 is 14.3 Å². The molecule has 0 heterocycles. The van der Waals surface area contributed by atoms with E-state index >= 15 is 0 Å². The fourth-order valence-corrected chi connectivity index (χ4v) is 2.82. The average Bonchev–Trinajstić information content (AvgIpc) is 2.64. The number of amides is 2. The molecule has 0 saturated carbocycles. The minimum absolute atomic E-state index is 0.0664. The molecule has 1 aromatic carbocycles. The van der Waals surface area contributed by atoms with Crippen LogP contribution in [-0.2, 0) is 11.3 Å². The first-order valence-electron chi connectivity index (χ1n) is 9.93. The van der Waals surface area contributed by atoms with Crippen LogP contribution < -0.4 is 11.1 Å². The summed E-state index contributed by atoms with van der Waals surface area (Å²) in [7, 11) is 0. The summed E-state index contributed by atoms with van der Waals surface area (Å²) in [5.41, 5.74) is 6.34. The lowest BCUT2D eigenvalue weighted by Crippen LogP contribution is -2.24. The summed E-state index contributed by atoms with van der Waals surface area (Å²) >= 11 is 0. The Morgan fingerprint density at radius 3 is 1.96 bits per heavy atom. The monoisotopic (exact) mass is 362 g/mol. The van der Waals surface area contributed by atoms with Gasteiger partial charge in [-0.2, -0.15) is 0 Å². The van der Waals surface area contributed by atoms with Crippen molar-refractivity contribution in [2.45, 2.75) is 77.7 Å². The molecular formula is C21H34N2O3. The maximum absolute atomic E-state index is 12.1. The largest absolute Gasteiger partial charge is 0.445 e. The van der Waals surface area contributed by atoms with Gasteiger partial charge in [-0.05, 0) is 24.1 Å². The summed E-state index contributed by atoms with van der Waals surface area (Å²) in [6.45, 7) is 3.08. The molecular weight excluding hydrogens is 328 g/mol. The minimum atomic E-state index is -0.802. The first-order valence-corrected chi connectivity index (χ1v) is 9.93. The number of nitrogens with two attached hydrogens (primary N) is 1. The molecule has 5 heteroatoms. The van der Waals surface area contributed by atoms with Crippen molar-refractivity contribution in [3.05, 3.63) is 35.4 Å². The Hall–Kier alpha value is -2.04. The maximum Gasteiger partial charge on any atom is 0.404 e. The van der Waals surface area contributed by atoms with Crippen LogP contribution in [0.15, 0.2) is 24.3 Å². The molecule has 5 nitrogen and oxygen atoms in total. The average molecular weight is 363 g/mol. The molecule has 3 N–H and O–H groups in total. The topological polar surface area (TPSA) is 81.4 Å². The predicted octanol–water partition coefficient (Wildman–Crippen LogP) is 4.93. The van der Waals surface area contributed by atoms with Gasteiger partial charge in [0.1, 0.15) is 6.61 Å². The van der Waals surface area contributed by atoms with E-state index in [9.17, 15) is 9.59 Å². The van der Waals surface area contributed by atoms with Crippen molar-refractivity contribution in [1.82, 2.24) is 5.32 Å². The van der Waals surface area contributed by atoms with Gasteiger partial charge >= 0.3 is 6.09 Å². The number of primary amides is 1. The Balaban J connectivity index is 2.05. The van der Waals surface area contributed by atoms with E-state index < -0.39 is 6.09 Å². The molecule has 1 rings (SSSR count). The summed E-state index contributed by atoms with van der Waals surface area (Å²) < 4.78 is 4.71. The van der Waals surface area contributed by atoms with Crippen molar-refractivity contribution in [3.8, 4) is 0 Å². The lowest BCUT2D eigenvalue weighted by molar-refractivity contribution is 0.0952. The molecule has 26 heavy (non-hydrogen) atoms. The second-order valence-corrected chi connectivity index (χ2v) is 6.74. The molecule has 146 valence electrons. The molecule has 0 aliphatic heterocycles. The van der Waals surface area contributed by atoms with Crippen LogP contribution in [0.5, 0.6) is 0 Å². The number of benzene rings is 1. The molecule has 0 aliphatic carbocycles. The Morgan fingerprint density at radius 2 is 1.42 bits per heavy atom. The molecule has 0 atom stereocenters. The van der Waals surface area contributed by atoms with E-state index in [0.717, 1.165) is 12.0 Å². The van der Waals surface area contributed by atoms with Gasteiger partial charge in [0.25, 0.3) is 5.91 Å². The Bertz CT molecular complexity index is 514. The van der Waals surface area contributed by atoms with Crippen molar-refractivity contribution in [2.75, 3.05) is 6.54 Å². The highest BCUT2D eigenvalue weighted by Gasteiger charge is 2.05. The van der Waals surface area contributed by atoms with E-state index in [2.05, 4.69) is 12.2 Å². The van der Waals surface area contributed by atoms with Gasteiger partial charge in [0, 0.05) is 12.1 Å². The third kappa shape index (κ3) is 10.7. The van der Waals surface area contributed by atoms with E-state index in [1.165, 1.54) is 57.8 Å². The van der Waals surface area contributed by atoms with Gasteiger partial charge in [-0.1, -0.05) is 76.8 Å². The van der Waals surface area contributed by atoms with Gasteiger partial charge in [0.15, 0.2) is 0 Å². The molecule has 0 fully saturated rings. The number of hydrogen-bond donors (Lipinski definition) is 2. The van der Waals surface area contributed by atoms with E-state index in [1.807, 2.05) is 0 Å². The first kappa shape index (κ1) is 22.0. The minimum Gasteiger partial charge on any atom is -0.445 e. The number of nitrogens with one attached hydrogen (secondary N) is 1. The highest BCUT2D eigenvalue weighted by molar-refractivity contribution is 5.94. The molecule has 0 saturated heterocycles. The molecule has 0 unspecified atom stereocenters. The fraction of sp³-hybridized carbons (Fsp3) is 0.619. The van der Waals surface area contributed by atoms with Gasteiger partial charge in [0.05, 0.1) is 0 Å². The lowest BCUT2D eigenvalue weighted by Gasteiger charge is -2.07. The molecule has 0 aromatic heterocycles. The zero-order chi connectivity index (χ0) is 19.0. The Labute approximate surface area is 157 Å². The SMILES string of the molecule is CCCCCCCCCCCCNC(=O)c1ccc(COC(N)=O)cc1. The van der Waals surface area contributed by atoms with Crippen LogP contribution in [0.4, 0.5) is 4.79 Å². The van der Waals surface area contributed by atoms with Gasteiger partial charge in [-0.15, -0.1) is 0 Å². The van der Waals surface area contributed by atoms with Crippen LogP contribution in [0.3, 0.4) is 0 Å². The third-order valence-electron chi connectivity index (χ3n) is 4.41. The molecule has 2 amide bonds. The van der Waals surface area contributed by atoms with Crippen LogP contribution in [-0.4, -0.2) is 18.5 Å². The molecule has 0 aliphatic rings. The molecule has 0 spiro atoms. The van der Waals surface area contributed by atoms with Crippen LogP contribution in [0, 0.1) is 0 Å². The number of carbonyl (C=O) groups is 2. The third-order valence-corrected chi connectivity index (χ3v) is 4.41. The van der Waals surface area contributed by atoms with Crippen molar-refractivity contribution >= 4 is 12.0 Å². The van der Waals surface area contributed by atoms with Gasteiger partial charge in [-0.3, -0.25) is 4.79 Å². The van der Waals surface area contributed by atoms with E-state index in [4.69, 9.17) is 10.5 Å². The fourth-order valence-electron chi connectivity index (χ4n) is 2.82. The van der Waals surface area contributed by atoms with Crippen molar-refractivity contribution in [2.24, 2.45) is 5.73 Å². The second-order valence-electron chi connectivity index (χ2n) is 6.74. The van der Waals surface area contributed by atoms with Crippen LogP contribution in [0.1, 0.15) is 87.1 Å². The predicted molar refractivity (Wildman–Crippen MR) is 105 cm³/mol. The lowest BCUT2D eigenvalue weighted by atomic mass is 10.1. The Kier molecular flexibility index (Phi) is 12.0. The van der Waals surface area contributed by atoms with E-state index in [0.29, 0.717) is 12.1 Å². The van der Waals surface area contributed by atoms with Crippen molar-refractivity contribution in [1.29, 1.82) is 0 Å². The normalized spacial score (nSPS) is 10.5. The van der Waals surface area contributed by atoms with Gasteiger partial charge in [0.2, 0.25) is 0 Å². The van der Waals surface area contributed by atoms with Crippen LogP contribution >= 0.6 is 0 Å². The quantitative estimate of drug-likeness (QED) is 0.460. The first-order chi connectivity index (χ1) is 12.6. The van der Waals surface area contributed by atoms with E-state index in [-0.39, 0.29) is 12.5 Å². The molecule has 0 bridgehead atoms. The standard InChI is InChI=1S/C21H34N2O3/c1-2-3-4-5-6-7-8-9-10-11-16-23-20(24)19-14-12-18(13-15-19)17-26-21(22)25/h12-15H,2-11,16-17H2,1H3,(H2,22,25)(H,23,24). The Morgan fingerprint density at radius 1 is 0.885 bits per heavy atom. The van der Waals surface area contributed by atoms with Crippen molar-refractivity contribution in [3.63, 3.8) is 0 Å². The number of unbranched alkanes of at least 4 members (excludes halogenated alkanes) is 9. The summed E-state index contributed by atoms with van der Waals surface area (Å²) in [4.78, 5) is 22.6. The molecule has 1 aromatic rings.